The van der Waals surface area contributed by atoms with Crippen LogP contribution in [0.15, 0.2) is 97.2 Å². The molecule has 0 radical (unpaired) electrons. The highest BCUT2D eigenvalue weighted by molar-refractivity contribution is 5.71. The van der Waals surface area contributed by atoms with Crippen molar-refractivity contribution in [3.63, 3.8) is 0 Å². The Morgan fingerprint density at radius 3 is 0.844 bits per heavy atom. The lowest BCUT2D eigenvalue weighted by atomic mass is 10.0. The minimum absolute atomic E-state index is 0.0899. The van der Waals surface area contributed by atoms with Gasteiger partial charge < -0.3 is 14.2 Å². The number of allylic oxidation sites excluding steroid dienone is 16. The van der Waals surface area contributed by atoms with Gasteiger partial charge in [0.05, 0.1) is 0 Å². The van der Waals surface area contributed by atoms with Crippen molar-refractivity contribution in [3.8, 4) is 0 Å². The van der Waals surface area contributed by atoms with Crippen molar-refractivity contribution in [1.29, 1.82) is 0 Å². The van der Waals surface area contributed by atoms with E-state index >= 15 is 0 Å². The third kappa shape index (κ3) is 63.0. The molecule has 0 aliphatic carbocycles. The van der Waals surface area contributed by atoms with Gasteiger partial charge in [0.1, 0.15) is 13.2 Å². The van der Waals surface area contributed by atoms with E-state index in [9.17, 15) is 14.4 Å². The van der Waals surface area contributed by atoms with E-state index in [2.05, 4.69) is 118 Å². The van der Waals surface area contributed by atoms with Crippen LogP contribution in [0.5, 0.6) is 0 Å². The van der Waals surface area contributed by atoms with Gasteiger partial charge in [0.15, 0.2) is 6.10 Å². The quantitative estimate of drug-likeness (QED) is 0.0261. The topological polar surface area (TPSA) is 78.9 Å². The van der Waals surface area contributed by atoms with Crippen LogP contribution in [0.25, 0.3) is 0 Å². The van der Waals surface area contributed by atoms with E-state index in [0.717, 1.165) is 103 Å². The zero-order chi connectivity index (χ0) is 55.7. The Morgan fingerprint density at radius 1 is 0.273 bits per heavy atom. The molecule has 0 aliphatic heterocycles. The first-order valence-corrected chi connectivity index (χ1v) is 32.7. The normalized spacial score (nSPS) is 12.7. The van der Waals surface area contributed by atoms with Crippen LogP contribution in [0.1, 0.15) is 316 Å². The second-order valence-electron chi connectivity index (χ2n) is 21.6. The maximum Gasteiger partial charge on any atom is 0.306 e. The molecule has 0 heterocycles. The highest BCUT2D eigenvalue weighted by Gasteiger charge is 2.19. The number of carbonyl (C=O) groups excluding carboxylic acids is 3. The fraction of sp³-hybridized carbons (Fsp3) is 0.732. The van der Waals surface area contributed by atoms with E-state index in [4.69, 9.17) is 14.2 Å². The van der Waals surface area contributed by atoms with Gasteiger partial charge in [-0.2, -0.15) is 0 Å². The molecule has 0 rings (SSSR count). The van der Waals surface area contributed by atoms with Crippen molar-refractivity contribution in [2.45, 2.75) is 322 Å². The number of carbonyl (C=O) groups is 3. The predicted octanol–water partition coefficient (Wildman–Crippen LogP) is 22.4. The predicted molar refractivity (Wildman–Crippen MR) is 334 cm³/mol. The van der Waals surface area contributed by atoms with Gasteiger partial charge in [-0.25, -0.2) is 0 Å². The van der Waals surface area contributed by atoms with E-state index in [0.29, 0.717) is 19.3 Å². The highest BCUT2D eigenvalue weighted by Crippen LogP contribution is 2.16. The number of ether oxygens (including phenoxy) is 3. The molecular weight excluding hydrogens is 949 g/mol. The van der Waals surface area contributed by atoms with Gasteiger partial charge in [-0.3, -0.25) is 14.4 Å². The zero-order valence-electron chi connectivity index (χ0n) is 50.7. The standard InChI is InChI=1S/C71H122O6/c1-4-7-10-13-16-19-22-25-28-31-34-35-38-41-44-47-50-53-56-59-62-65-71(74)77-68(66-75-69(72)63-60-57-54-51-48-45-42-39-36-32-29-26-23-20-17-14-11-8-5-2)67-76-70(73)64-61-58-55-52-49-46-43-40-37-33-30-27-24-21-18-15-12-9-6-3/h8,11,17-18,20-21,25-30,36,39,45,48,68H,4-7,9-10,12-16,19,22-24,31-35,37-38,40-44,46-47,49-67H2,1-3H3/b11-8-,20-17-,21-18-,28-25-,29-26-,30-27-,39-36-,48-45-/t68-/m1/s1. The van der Waals surface area contributed by atoms with Gasteiger partial charge >= 0.3 is 17.9 Å². The Hall–Kier alpha value is -3.67. The summed E-state index contributed by atoms with van der Waals surface area (Å²) in [5.74, 6) is -0.916. The first-order chi connectivity index (χ1) is 38.0. The second kappa shape index (κ2) is 64.9. The van der Waals surface area contributed by atoms with Gasteiger partial charge in [-0.15, -0.1) is 0 Å². The zero-order valence-corrected chi connectivity index (χ0v) is 50.7. The SMILES string of the molecule is CC/C=C\C/C=C\C/C=C\C/C=C\C/C=C\CCCCCC(=O)OC[C@H](COC(=O)CCCCCCCCCCC/C=C\C/C=C\CCCCC)OC(=O)CCCCCCCCCCCCC/C=C\CCCCCCCC. The maximum atomic E-state index is 12.9. The molecule has 0 aromatic rings. The smallest absolute Gasteiger partial charge is 0.306 e. The molecule has 0 unspecified atom stereocenters. The maximum absolute atomic E-state index is 12.9. The summed E-state index contributed by atoms with van der Waals surface area (Å²) in [6, 6.07) is 0. The van der Waals surface area contributed by atoms with E-state index in [1.54, 1.807) is 0 Å². The van der Waals surface area contributed by atoms with Crippen LogP contribution in [0, 0.1) is 0 Å². The fourth-order valence-electron chi connectivity index (χ4n) is 9.14. The number of unbranched alkanes of at least 4 members (excludes halogenated alkanes) is 32. The molecule has 0 fully saturated rings. The Labute approximate surface area is 477 Å². The minimum Gasteiger partial charge on any atom is -0.462 e. The summed E-state index contributed by atoms with van der Waals surface area (Å²) in [6.07, 6.45) is 86.9. The number of hydrogen-bond acceptors (Lipinski definition) is 6. The summed E-state index contributed by atoms with van der Waals surface area (Å²) >= 11 is 0. The van der Waals surface area contributed by atoms with Crippen LogP contribution in [0.4, 0.5) is 0 Å². The molecule has 0 saturated carbocycles. The fourth-order valence-corrected chi connectivity index (χ4v) is 9.14. The molecule has 1 atom stereocenters. The lowest BCUT2D eigenvalue weighted by Gasteiger charge is -2.18. The van der Waals surface area contributed by atoms with Crippen LogP contribution in [-0.2, 0) is 28.6 Å². The molecule has 6 nitrogen and oxygen atoms in total. The summed E-state index contributed by atoms with van der Waals surface area (Å²) < 4.78 is 16.9. The summed E-state index contributed by atoms with van der Waals surface area (Å²) in [4.78, 5) is 38.4. The van der Waals surface area contributed by atoms with E-state index in [1.807, 2.05) is 0 Å². The number of esters is 3. The molecule has 77 heavy (non-hydrogen) atoms. The van der Waals surface area contributed by atoms with Crippen molar-refractivity contribution in [3.05, 3.63) is 97.2 Å². The van der Waals surface area contributed by atoms with Gasteiger partial charge in [0, 0.05) is 19.3 Å². The largest absolute Gasteiger partial charge is 0.462 e. The number of hydrogen-bond donors (Lipinski definition) is 0. The molecule has 0 aliphatic rings. The van der Waals surface area contributed by atoms with Crippen LogP contribution >= 0.6 is 0 Å². The Kier molecular flexibility index (Phi) is 61.8. The Balaban J connectivity index is 4.43. The number of rotatable bonds is 59. The summed E-state index contributed by atoms with van der Waals surface area (Å²) in [7, 11) is 0. The molecule has 0 bridgehead atoms. The third-order valence-electron chi connectivity index (χ3n) is 14.0. The molecule has 0 N–H and O–H groups in total. The molecule has 0 amide bonds. The van der Waals surface area contributed by atoms with E-state index in [1.165, 1.54) is 173 Å². The van der Waals surface area contributed by atoms with Gasteiger partial charge in [-0.1, -0.05) is 272 Å². The van der Waals surface area contributed by atoms with Crippen molar-refractivity contribution in [1.82, 2.24) is 0 Å². The molecule has 0 saturated heterocycles. The minimum atomic E-state index is -0.796. The Bertz CT molecular complexity index is 1510. The molecule has 0 spiro atoms. The molecular formula is C71H122O6. The van der Waals surface area contributed by atoms with Crippen molar-refractivity contribution in [2.24, 2.45) is 0 Å². The monoisotopic (exact) mass is 1070 g/mol. The van der Waals surface area contributed by atoms with Crippen LogP contribution in [0.3, 0.4) is 0 Å². The molecule has 0 aromatic carbocycles. The molecule has 442 valence electrons. The lowest BCUT2D eigenvalue weighted by Crippen LogP contribution is -2.30. The van der Waals surface area contributed by atoms with E-state index in [-0.39, 0.29) is 31.1 Å². The molecule has 6 heteroatoms. The van der Waals surface area contributed by atoms with Gasteiger partial charge in [0.2, 0.25) is 0 Å². The Morgan fingerprint density at radius 2 is 0.506 bits per heavy atom. The first kappa shape index (κ1) is 73.3. The second-order valence-corrected chi connectivity index (χ2v) is 21.6. The van der Waals surface area contributed by atoms with E-state index < -0.39 is 6.10 Å². The van der Waals surface area contributed by atoms with Crippen molar-refractivity contribution >= 4 is 17.9 Å². The first-order valence-electron chi connectivity index (χ1n) is 32.7. The van der Waals surface area contributed by atoms with Crippen molar-refractivity contribution in [2.75, 3.05) is 13.2 Å². The summed E-state index contributed by atoms with van der Waals surface area (Å²) in [6.45, 7) is 6.50. The summed E-state index contributed by atoms with van der Waals surface area (Å²) in [5.41, 5.74) is 0. The molecule has 0 aromatic heterocycles. The average molecular weight is 1070 g/mol. The van der Waals surface area contributed by atoms with Crippen LogP contribution in [-0.4, -0.2) is 37.2 Å². The average Bonchev–Trinajstić information content (AvgIpc) is 3.43. The summed E-state index contributed by atoms with van der Waals surface area (Å²) in [5, 5.41) is 0. The van der Waals surface area contributed by atoms with Gasteiger partial charge in [0.25, 0.3) is 0 Å². The van der Waals surface area contributed by atoms with Crippen LogP contribution < -0.4 is 0 Å². The van der Waals surface area contributed by atoms with Gasteiger partial charge in [-0.05, 0) is 122 Å². The lowest BCUT2D eigenvalue weighted by molar-refractivity contribution is -0.167. The third-order valence-corrected chi connectivity index (χ3v) is 14.0. The van der Waals surface area contributed by atoms with Crippen molar-refractivity contribution < 1.29 is 28.6 Å². The highest BCUT2D eigenvalue weighted by atomic mass is 16.6. The van der Waals surface area contributed by atoms with Crippen LogP contribution in [0.2, 0.25) is 0 Å².